The number of carbonyl (C=O) groups excluding carboxylic acids is 1. The molecule has 17 heavy (non-hydrogen) atoms. The maximum atomic E-state index is 12.4. The molecule has 0 spiro atoms. The summed E-state index contributed by atoms with van der Waals surface area (Å²) in [5.74, 6) is 0.146. The van der Waals surface area contributed by atoms with E-state index >= 15 is 0 Å². The van der Waals surface area contributed by atoms with Crippen LogP contribution in [-0.2, 0) is 4.79 Å². The SMILES string of the molecule is CC(C(=O)N(CCN)C1CC1)c1ccccc1. The fourth-order valence-corrected chi connectivity index (χ4v) is 2.13. The second-order valence-electron chi connectivity index (χ2n) is 4.68. The molecule has 0 aromatic heterocycles. The van der Waals surface area contributed by atoms with Gasteiger partial charge in [-0.1, -0.05) is 30.3 Å². The molecule has 0 bridgehead atoms. The lowest BCUT2D eigenvalue weighted by atomic mass is 10.00. The van der Waals surface area contributed by atoms with Crippen molar-refractivity contribution in [2.24, 2.45) is 5.73 Å². The summed E-state index contributed by atoms with van der Waals surface area (Å²) in [6.45, 7) is 3.20. The Morgan fingerprint density at radius 1 is 1.41 bits per heavy atom. The molecule has 2 N–H and O–H groups in total. The van der Waals surface area contributed by atoms with Gasteiger partial charge in [0.15, 0.2) is 0 Å². The van der Waals surface area contributed by atoms with Crippen molar-refractivity contribution in [1.82, 2.24) is 4.90 Å². The molecule has 3 heteroatoms. The molecule has 1 amide bonds. The van der Waals surface area contributed by atoms with Crippen molar-refractivity contribution < 1.29 is 4.79 Å². The van der Waals surface area contributed by atoms with Gasteiger partial charge in [-0.05, 0) is 25.3 Å². The Bertz CT molecular complexity index is 373. The van der Waals surface area contributed by atoms with Crippen molar-refractivity contribution in [3.05, 3.63) is 35.9 Å². The number of nitrogens with two attached hydrogens (primary N) is 1. The molecular formula is C14H20N2O. The Morgan fingerprint density at radius 3 is 2.59 bits per heavy atom. The highest BCUT2D eigenvalue weighted by atomic mass is 16.2. The fourth-order valence-electron chi connectivity index (χ4n) is 2.13. The van der Waals surface area contributed by atoms with E-state index in [1.807, 2.05) is 42.2 Å². The van der Waals surface area contributed by atoms with Gasteiger partial charge in [-0.2, -0.15) is 0 Å². The van der Waals surface area contributed by atoms with E-state index in [1.165, 1.54) is 0 Å². The van der Waals surface area contributed by atoms with Crippen molar-refractivity contribution in [3.63, 3.8) is 0 Å². The number of rotatable bonds is 5. The second kappa shape index (κ2) is 5.32. The maximum absolute atomic E-state index is 12.4. The third kappa shape index (κ3) is 2.86. The van der Waals surface area contributed by atoms with Gasteiger partial charge >= 0.3 is 0 Å². The smallest absolute Gasteiger partial charge is 0.230 e. The summed E-state index contributed by atoms with van der Waals surface area (Å²) in [4.78, 5) is 14.3. The molecule has 3 nitrogen and oxygen atoms in total. The largest absolute Gasteiger partial charge is 0.338 e. The zero-order chi connectivity index (χ0) is 12.3. The van der Waals surface area contributed by atoms with Gasteiger partial charge in [-0.3, -0.25) is 4.79 Å². The van der Waals surface area contributed by atoms with Crippen LogP contribution in [0.2, 0.25) is 0 Å². The predicted molar refractivity (Wildman–Crippen MR) is 68.6 cm³/mol. The summed E-state index contributed by atoms with van der Waals surface area (Å²) in [5, 5.41) is 0. The van der Waals surface area contributed by atoms with Gasteiger partial charge in [0.05, 0.1) is 5.92 Å². The van der Waals surface area contributed by atoms with Gasteiger partial charge in [0, 0.05) is 19.1 Å². The first kappa shape index (κ1) is 12.1. The van der Waals surface area contributed by atoms with Gasteiger partial charge in [0.25, 0.3) is 0 Å². The van der Waals surface area contributed by atoms with E-state index in [0.29, 0.717) is 19.1 Å². The predicted octanol–water partition coefficient (Wildman–Crippen LogP) is 1.74. The molecule has 0 aliphatic heterocycles. The summed E-state index contributed by atoms with van der Waals surface area (Å²) in [7, 11) is 0. The summed E-state index contributed by atoms with van der Waals surface area (Å²) in [5.41, 5.74) is 6.66. The Morgan fingerprint density at radius 2 is 2.06 bits per heavy atom. The minimum atomic E-state index is -0.0663. The first-order valence-electron chi connectivity index (χ1n) is 6.29. The van der Waals surface area contributed by atoms with E-state index in [-0.39, 0.29) is 11.8 Å². The van der Waals surface area contributed by atoms with Gasteiger partial charge in [0.2, 0.25) is 5.91 Å². The zero-order valence-corrected chi connectivity index (χ0v) is 10.3. The highest BCUT2D eigenvalue weighted by Gasteiger charge is 2.34. The molecule has 1 aromatic carbocycles. The van der Waals surface area contributed by atoms with E-state index in [9.17, 15) is 4.79 Å². The van der Waals surface area contributed by atoms with Crippen molar-refractivity contribution >= 4 is 5.91 Å². The highest BCUT2D eigenvalue weighted by molar-refractivity contribution is 5.83. The molecule has 1 saturated carbocycles. The number of benzene rings is 1. The summed E-state index contributed by atoms with van der Waals surface area (Å²) in [6, 6.07) is 10.4. The lowest BCUT2D eigenvalue weighted by Gasteiger charge is -2.25. The van der Waals surface area contributed by atoms with Crippen LogP contribution < -0.4 is 5.73 Å². The molecule has 1 fully saturated rings. The van der Waals surface area contributed by atoms with Crippen LogP contribution in [0.3, 0.4) is 0 Å². The van der Waals surface area contributed by atoms with Crippen LogP contribution in [0.25, 0.3) is 0 Å². The average molecular weight is 232 g/mol. The Kier molecular flexibility index (Phi) is 3.79. The fraction of sp³-hybridized carbons (Fsp3) is 0.500. The van der Waals surface area contributed by atoms with Crippen molar-refractivity contribution in [2.45, 2.75) is 31.7 Å². The molecule has 1 aromatic rings. The Hall–Kier alpha value is -1.35. The average Bonchev–Trinajstić information content (AvgIpc) is 3.19. The first-order valence-corrected chi connectivity index (χ1v) is 6.29. The van der Waals surface area contributed by atoms with E-state index in [0.717, 1.165) is 18.4 Å². The van der Waals surface area contributed by atoms with Crippen LogP contribution in [-0.4, -0.2) is 29.9 Å². The molecule has 1 aliphatic rings. The minimum Gasteiger partial charge on any atom is -0.338 e. The van der Waals surface area contributed by atoms with Gasteiger partial charge in [0.1, 0.15) is 0 Å². The second-order valence-corrected chi connectivity index (χ2v) is 4.68. The quantitative estimate of drug-likeness (QED) is 0.840. The third-order valence-electron chi connectivity index (χ3n) is 3.31. The van der Waals surface area contributed by atoms with Crippen LogP contribution in [0.5, 0.6) is 0 Å². The van der Waals surface area contributed by atoms with Crippen molar-refractivity contribution in [3.8, 4) is 0 Å². The number of amides is 1. The summed E-state index contributed by atoms with van der Waals surface area (Å²) in [6.07, 6.45) is 2.26. The maximum Gasteiger partial charge on any atom is 0.230 e. The molecule has 0 saturated heterocycles. The van der Waals surface area contributed by atoms with Crippen LogP contribution in [0.1, 0.15) is 31.2 Å². The van der Waals surface area contributed by atoms with E-state index in [1.54, 1.807) is 0 Å². The van der Waals surface area contributed by atoms with Crippen LogP contribution in [0.4, 0.5) is 0 Å². The lowest BCUT2D eigenvalue weighted by molar-refractivity contribution is -0.132. The van der Waals surface area contributed by atoms with Crippen LogP contribution in [0.15, 0.2) is 30.3 Å². The molecule has 1 aliphatic carbocycles. The van der Waals surface area contributed by atoms with Crippen molar-refractivity contribution in [1.29, 1.82) is 0 Å². The molecule has 1 unspecified atom stereocenters. The van der Waals surface area contributed by atoms with E-state index < -0.39 is 0 Å². The number of hydrogen-bond donors (Lipinski definition) is 1. The van der Waals surface area contributed by atoms with Crippen molar-refractivity contribution in [2.75, 3.05) is 13.1 Å². The van der Waals surface area contributed by atoms with E-state index in [2.05, 4.69) is 0 Å². The number of hydrogen-bond acceptors (Lipinski definition) is 2. The van der Waals surface area contributed by atoms with Gasteiger partial charge < -0.3 is 10.6 Å². The standard InChI is InChI=1S/C14H20N2O/c1-11(12-5-3-2-4-6-12)14(17)16(10-9-15)13-7-8-13/h2-6,11,13H,7-10,15H2,1H3. The number of carbonyl (C=O) groups is 1. The molecular weight excluding hydrogens is 212 g/mol. The highest BCUT2D eigenvalue weighted by Crippen LogP contribution is 2.29. The normalized spacial score (nSPS) is 16.6. The first-order chi connectivity index (χ1) is 8.24. The summed E-state index contributed by atoms with van der Waals surface area (Å²) < 4.78 is 0. The molecule has 0 heterocycles. The topological polar surface area (TPSA) is 46.3 Å². The molecule has 0 radical (unpaired) electrons. The molecule has 1 atom stereocenters. The van der Waals surface area contributed by atoms with Gasteiger partial charge in [-0.25, -0.2) is 0 Å². The lowest BCUT2D eigenvalue weighted by Crippen LogP contribution is -2.39. The van der Waals surface area contributed by atoms with Crippen LogP contribution in [0, 0.1) is 0 Å². The van der Waals surface area contributed by atoms with Crippen LogP contribution >= 0.6 is 0 Å². The molecule has 92 valence electrons. The Balaban J connectivity index is 2.07. The third-order valence-corrected chi connectivity index (χ3v) is 3.31. The molecule has 2 rings (SSSR count). The van der Waals surface area contributed by atoms with Gasteiger partial charge in [-0.15, -0.1) is 0 Å². The number of nitrogens with zero attached hydrogens (tertiary/aromatic N) is 1. The Labute approximate surface area is 103 Å². The minimum absolute atomic E-state index is 0.0663. The van der Waals surface area contributed by atoms with E-state index in [4.69, 9.17) is 5.73 Å². The monoisotopic (exact) mass is 232 g/mol. The zero-order valence-electron chi connectivity index (χ0n) is 10.3. The summed E-state index contributed by atoms with van der Waals surface area (Å²) >= 11 is 0.